The van der Waals surface area contributed by atoms with Crippen LogP contribution in [-0.4, -0.2) is 6.61 Å². The highest BCUT2D eigenvalue weighted by atomic mass is 32.1. The number of halogens is 1. The molecule has 2 aliphatic rings. The zero-order valence-electron chi connectivity index (χ0n) is 22.2. The molecule has 2 aliphatic carbocycles. The van der Waals surface area contributed by atoms with Crippen LogP contribution < -0.4 is 4.74 Å². The summed E-state index contributed by atoms with van der Waals surface area (Å²) in [4.78, 5) is 1.32. The molecule has 1 aromatic heterocycles. The summed E-state index contributed by atoms with van der Waals surface area (Å²) in [6, 6.07) is 15.5. The van der Waals surface area contributed by atoms with Crippen molar-refractivity contribution in [3.05, 3.63) is 64.3 Å². The van der Waals surface area contributed by atoms with E-state index in [9.17, 15) is 4.39 Å². The van der Waals surface area contributed by atoms with Crippen LogP contribution in [0.5, 0.6) is 5.75 Å². The van der Waals surface area contributed by atoms with E-state index in [1.54, 1.807) is 23.0 Å². The number of thiophene rings is 1. The van der Waals surface area contributed by atoms with Crippen LogP contribution in [0, 0.1) is 23.6 Å². The van der Waals surface area contributed by atoms with Crippen LogP contribution in [0.2, 0.25) is 0 Å². The van der Waals surface area contributed by atoms with Crippen LogP contribution in [0.25, 0.3) is 10.1 Å². The number of hydrogen-bond acceptors (Lipinski definition) is 2. The van der Waals surface area contributed by atoms with Crippen molar-refractivity contribution in [2.45, 2.75) is 96.8 Å². The molecule has 3 aromatic rings. The molecule has 0 N–H and O–H groups in total. The smallest absolute Gasteiger partial charge is 0.182 e. The molecule has 0 amide bonds. The Labute approximate surface area is 221 Å². The van der Waals surface area contributed by atoms with Crippen molar-refractivity contribution in [3.8, 4) is 5.75 Å². The molecule has 0 spiro atoms. The second kappa shape index (κ2) is 12.1. The molecule has 1 nitrogen and oxygen atoms in total. The monoisotopic (exact) mass is 506 g/mol. The first-order valence-electron chi connectivity index (χ1n) is 14.6. The molecule has 2 saturated carbocycles. The van der Waals surface area contributed by atoms with E-state index in [0.29, 0.717) is 12.4 Å². The van der Waals surface area contributed by atoms with Gasteiger partial charge in [-0.2, -0.15) is 0 Å². The van der Waals surface area contributed by atoms with Crippen molar-refractivity contribution < 1.29 is 9.13 Å². The van der Waals surface area contributed by atoms with Crippen molar-refractivity contribution in [3.63, 3.8) is 0 Å². The summed E-state index contributed by atoms with van der Waals surface area (Å²) in [6.07, 6.45) is 16.0. The van der Waals surface area contributed by atoms with E-state index in [0.717, 1.165) is 40.2 Å². The van der Waals surface area contributed by atoms with Gasteiger partial charge in [-0.15, -0.1) is 11.3 Å². The summed E-state index contributed by atoms with van der Waals surface area (Å²) >= 11 is 1.62. The van der Waals surface area contributed by atoms with Gasteiger partial charge in [-0.3, -0.25) is 0 Å². The Bertz CT molecular complexity index is 1100. The molecule has 2 fully saturated rings. The Balaban J connectivity index is 1.06. The van der Waals surface area contributed by atoms with Gasteiger partial charge in [-0.1, -0.05) is 50.5 Å². The van der Waals surface area contributed by atoms with Gasteiger partial charge in [0.15, 0.2) is 11.6 Å². The molecule has 36 heavy (non-hydrogen) atoms. The third kappa shape index (κ3) is 5.98. The van der Waals surface area contributed by atoms with E-state index in [4.69, 9.17) is 4.74 Å². The summed E-state index contributed by atoms with van der Waals surface area (Å²) in [5.74, 6) is 3.72. The number of hydrogen-bond donors (Lipinski definition) is 0. The van der Waals surface area contributed by atoms with E-state index >= 15 is 0 Å². The highest BCUT2D eigenvalue weighted by Gasteiger charge is 2.31. The zero-order chi connectivity index (χ0) is 24.9. The minimum atomic E-state index is -0.186. The maximum absolute atomic E-state index is 14.7. The van der Waals surface area contributed by atoms with Crippen LogP contribution in [0.3, 0.4) is 0 Å². The molecule has 0 saturated heterocycles. The molecule has 5 rings (SSSR count). The highest BCUT2D eigenvalue weighted by Crippen LogP contribution is 2.45. The Kier molecular flexibility index (Phi) is 8.67. The van der Waals surface area contributed by atoms with E-state index in [-0.39, 0.29) is 5.82 Å². The minimum absolute atomic E-state index is 0.186. The lowest BCUT2D eigenvalue weighted by molar-refractivity contribution is 0.157. The van der Waals surface area contributed by atoms with Gasteiger partial charge >= 0.3 is 0 Å². The van der Waals surface area contributed by atoms with Crippen LogP contribution in [0.15, 0.2) is 42.5 Å². The van der Waals surface area contributed by atoms with Crippen LogP contribution >= 0.6 is 11.3 Å². The minimum Gasteiger partial charge on any atom is -0.491 e. The van der Waals surface area contributed by atoms with Gasteiger partial charge in [0.1, 0.15) is 0 Å². The zero-order valence-corrected chi connectivity index (χ0v) is 23.1. The van der Waals surface area contributed by atoms with Gasteiger partial charge < -0.3 is 4.74 Å². The topological polar surface area (TPSA) is 9.23 Å². The second-order valence-corrected chi connectivity index (χ2v) is 12.5. The number of rotatable bonds is 9. The fourth-order valence-corrected chi connectivity index (χ4v) is 8.06. The SMILES string of the molecule is CCCc1ccc(C2CCC(C3CCC(CCc4cc5ccc(OCC)c(F)c5s4)CC3)CC2)cc1. The standard InChI is InChI=1S/C33H43FOS/c1-3-5-23-6-11-25(12-7-23)27-15-17-28(18-16-27)26-13-8-24(9-14-26)10-20-30-22-29-19-21-31(35-4-2)32(34)33(29)36-30/h6-7,11-12,19,21-22,24,26-28H,3-5,8-10,13-18,20H2,1-2H3. The summed E-state index contributed by atoms with van der Waals surface area (Å²) in [5.41, 5.74) is 3.06. The number of benzene rings is 2. The molecule has 0 bridgehead atoms. The van der Waals surface area contributed by atoms with Gasteiger partial charge in [0.25, 0.3) is 0 Å². The van der Waals surface area contributed by atoms with Gasteiger partial charge in [-0.25, -0.2) is 4.39 Å². The molecule has 0 unspecified atom stereocenters. The average molecular weight is 507 g/mol. The maximum atomic E-state index is 14.7. The van der Waals surface area contributed by atoms with Crippen molar-refractivity contribution >= 4 is 21.4 Å². The quantitative estimate of drug-likeness (QED) is 0.280. The maximum Gasteiger partial charge on any atom is 0.182 e. The van der Waals surface area contributed by atoms with Gasteiger partial charge in [-0.05, 0) is 123 Å². The van der Waals surface area contributed by atoms with Crippen molar-refractivity contribution in [1.29, 1.82) is 0 Å². The molecule has 2 aromatic carbocycles. The summed E-state index contributed by atoms with van der Waals surface area (Å²) in [6.45, 7) is 4.66. The Morgan fingerprint density at radius 1 is 0.833 bits per heavy atom. The summed E-state index contributed by atoms with van der Waals surface area (Å²) in [5, 5.41) is 1.02. The molecular formula is C33H43FOS. The number of fused-ring (bicyclic) bond motifs is 1. The average Bonchev–Trinajstić information content (AvgIpc) is 3.34. The van der Waals surface area contributed by atoms with E-state index in [1.165, 1.54) is 81.1 Å². The van der Waals surface area contributed by atoms with Crippen molar-refractivity contribution in [1.82, 2.24) is 0 Å². The number of aryl methyl sites for hydroxylation is 2. The summed E-state index contributed by atoms with van der Waals surface area (Å²) in [7, 11) is 0. The number of ether oxygens (including phenoxy) is 1. The Hall–Kier alpha value is -1.87. The molecule has 3 heteroatoms. The van der Waals surface area contributed by atoms with Crippen LogP contribution in [0.4, 0.5) is 4.39 Å². The van der Waals surface area contributed by atoms with E-state index in [1.807, 2.05) is 13.0 Å². The normalized spacial score (nSPS) is 24.8. The van der Waals surface area contributed by atoms with E-state index < -0.39 is 0 Å². The lowest BCUT2D eigenvalue weighted by Crippen LogP contribution is -2.25. The van der Waals surface area contributed by atoms with Gasteiger partial charge in [0.2, 0.25) is 0 Å². The van der Waals surface area contributed by atoms with Crippen molar-refractivity contribution in [2.24, 2.45) is 17.8 Å². The predicted molar refractivity (Wildman–Crippen MR) is 152 cm³/mol. The van der Waals surface area contributed by atoms with Crippen LogP contribution in [0.1, 0.15) is 100.0 Å². The fourth-order valence-electron chi connectivity index (χ4n) is 6.96. The molecule has 0 atom stereocenters. The first-order valence-corrected chi connectivity index (χ1v) is 15.4. The first-order chi connectivity index (χ1) is 17.6. The lowest BCUT2D eigenvalue weighted by atomic mass is 9.68. The fraction of sp³-hybridized carbons (Fsp3) is 0.576. The lowest BCUT2D eigenvalue weighted by Gasteiger charge is -2.38. The molecule has 0 aliphatic heterocycles. The van der Waals surface area contributed by atoms with E-state index in [2.05, 4.69) is 37.3 Å². The largest absolute Gasteiger partial charge is 0.491 e. The summed E-state index contributed by atoms with van der Waals surface area (Å²) < 4.78 is 20.9. The Morgan fingerprint density at radius 3 is 2.19 bits per heavy atom. The third-order valence-corrected chi connectivity index (χ3v) is 10.3. The van der Waals surface area contributed by atoms with Crippen molar-refractivity contribution in [2.75, 3.05) is 6.61 Å². The molecular weight excluding hydrogens is 463 g/mol. The second-order valence-electron chi connectivity index (χ2n) is 11.4. The molecule has 1 heterocycles. The third-order valence-electron chi connectivity index (χ3n) is 9.06. The first kappa shape index (κ1) is 25.8. The predicted octanol–water partition coefficient (Wildman–Crippen LogP) is 10.1. The highest BCUT2D eigenvalue weighted by molar-refractivity contribution is 7.19. The van der Waals surface area contributed by atoms with Gasteiger partial charge in [0.05, 0.1) is 11.3 Å². The molecule has 0 radical (unpaired) electrons. The van der Waals surface area contributed by atoms with Gasteiger partial charge in [0, 0.05) is 4.88 Å². The Morgan fingerprint density at radius 2 is 1.53 bits per heavy atom. The van der Waals surface area contributed by atoms with Crippen LogP contribution in [-0.2, 0) is 12.8 Å². The molecule has 194 valence electrons.